The van der Waals surface area contributed by atoms with Crippen LogP contribution in [0.25, 0.3) is 0 Å². The Balaban J connectivity index is 2.11. The third kappa shape index (κ3) is 2.98. The van der Waals surface area contributed by atoms with Crippen molar-refractivity contribution in [2.45, 2.75) is 6.42 Å². The van der Waals surface area contributed by atoms with E-state index in [9.17, 15) is 0 Å². The van der Waals surface area contributed by atoms with Gasteiger partial charge in [0.15, 0.2) is 0 Å². The van der Waals surface area contributed by atoms with Crippen molar-refractivity contribution in [3.63, 3.8) is 0 Å². The number of aromatic nitrogens is 1. The van der Waals surface area contributed by atoms with Crippen molar-refractivity contribution >= 4 is 17.3 Å². The standard InChI is InChI=1S/C14H14N4/c1-16-13-3-2-4-14(18-13)17-12-7-5-11(6-8-12)9-10-15/h2-8H,9H2,1H3,(H2,16,17,18). The van der Waals surface area contributed by atoms with Crippen LogP contribution >= 0.6 is 0 Å². The highest BCUT2D eigenvalue weighted by Crippen LogP contribution is 2.16. The second kappa shape index (κ2) is 5.69. The summed E-state index contributed by atoms with van der Waals surface area (Å²) < 4.78 is 0. The number of rotatable bonds is 4. The molecule has 90 valence electrons. The zero-order valence-electron chi connectivity index (χ0n) is 10.1. The summed E-state index contributed by atoms with van der Waals surface area (Å²) in [6.07, 6.45) is 0.438. The fourth-order valence-corrected chi connectivity index (χ4v) is 1.59. The van der Waals surface area contributed by atoms with Crippen LogP contribution in [-0.2, 0) is 6.42 Å². The first-order valence-corrected chi connectivity index (χ1v) is 5.69. The number of nitrogens with one attached hydrogen (secondary N) is 2. The normalized spacial score (nSPS) is 9.56. The minimum Gasteiger partial charge on any atom is -0.373 e. The third-order valence-electron chi connectivity index (χ3n) is 2.51. The predicted octanol–water partition coefficient (Wildman–Crippen LogP) is 2.93. The lowest BCUT2D eigenvalue weighted by molar-refractivity contribution is 1.25. The van der Waals surface area contributed by atoms with Crippen molar-refractivity contribution in [1.29, 1.82) is 5.26 Å². The van der Waals surface area contributed by atoms with Crippen LogP contribution in [0.15, 0.2) is 42.5 Å². The molecule has 0 amide bonds. The first-order valence-electron chi connectivity index (χ1n) is 5.69. The Labute approximate surface area is 106 Å². The van der Waals surface area contributed by atoms with E-state index in [4.69, 9.17) is 5.26 Å². The maximum absolute atomic E-state index is 8.60. The summed E-state index contributed by atoms with van der Waals surface area (Å²) in [6, 6.07) is 15.6. The van der Waals surface area contributed by atoms with E-state index in [0.29, 0.717) is 6.42 Å². The molecule has 0 atom stereocenters. The summed E-state index contributed by atoms with van der Waals surface area (Å²) >= 11 is 0. The van der Waals surface area contributed by atoms with Gasteiger partial charge in [0.05, 0.1) is 12.5 Å². The van der Waals surface area contributed by atoms with Crippen LogP contribution in [0, 0.1) is 11.3 Å². The van der Waals surface area contributed by atoms with E-state index in [2.05, 4.69) is 21.7 Å². The van der Waals surface area contributed by atoms with E-state index in [1.807, 2.05) is 49.5 Å². The van der Waals surface area contributed by atoms with Crippen LogP contribution in [0.2, 0.25) is 0 Å². The van der Waals surface area contributed by atoms with Gasteiger partial charge in [-0.05, 0) is 29.8 Å². The summed E-state index contributed by atoms with van der Waals surface area (Å²) in [5.41, 5.74) is 1.97. The van der Waals surface area contributed by atoms with Gasteiger partial charge >= 0.3 is 0 Å². The van der Waals surface area contributed by atoms with E-state index in [0.717, 1.165) is 22.9 Å². The highest BCUT2D eigenvalue weighted by Gasteiger charge is 1.98. The SMILES string of the molecule is CNc1cccc(Nc2ccc(CC#N)cc2)n1. The summed E-state index contributed by atoms with van der Waals surface area (Å²) in [6.45, 7) is 0. The van der Waals surface area contributed by atoms with Crippen molar-refractivity contribution in [1.82, 2.24) is 4.98 Å². The van der Waals surface area contributed by atoms with E-state index >= 15 is 0 Å². The van der Waals surface area contributed by atoms with Crippen LogP contribution in [0.4, 0.5) is 17.3 Å². The Morgan fingerprint density at radius 2 is 1.83 bits per heavy atom. The number of nitrogens with zero attached hydrogens (tertiary/aromatic N) is 2. The van der Waals surface area contributed by atoms with Crippen molar-refractivity contribution in [3.05, 3.63) is 48.0 Å². The molecule has 0 aliphatic rings. The fourth-order valence-electron chi connectivity index (χ4n) is 1.59. The monoisotopic (exact) mass is 238 g/mol. The number of anilines is 3. The van der Waals surface area contributed by atoms with E-state index in [1.54, 1.807) is 0 Å². The number of hydrogen-bond acceptors (Lipinski definition) is 4. The molecule has 0 saturated heterocycles. The van der Waals surface area contributed by atoms with E-state index in [-0.39, 0.29) is 0 Å². The Morgan fingerprint density at radius 1 is 1.11 bits per heavy atom. The van der Waals surface area contributed by atoms with Gasteiger partial charge in [0.25, 0.3) is 0 Å². The van der Waals surface area contributed by atoms with Crippen LogP contribution in [0.3, 0.4) is 0 Å². The lowest BCUT2D eigenvalue weighted by atomic mass is 10.1. The minimum absolute atomic E-state index is 0.438. The van der Waals surface area contributed by atoms with Gasteiger partial charge in [-0.3, -0.25) is 0 Å². The van der Waals surface area contributed by atoms with Gasteiger partial charge in [0.2, 0.25) is 0 Å². The highest BCUT2D eigenvalue weighted by molar-refractivity contribution is 5.58. The van der Waals surface area contributed by atoms with Crippen molar-refractivity contribution in [2.24, 2.45) is 0 Å². The lowest BCUT2D eigenvalue weighted by Crippen LogP contribution is -1.97. The summed E-state index contributed by atoms with van der Waals surface area (Å²) in [7, 11) is 1.84. The van der Waals surface area contributed by atoms with Gasteiger partial charge in [0.1, 0.15) is 11.6 Å². The average molecular weight is 238 g/mol. The van der Waals surface area contributed by atoms with Gasteiger partial charge in [-0.2, -0.15) is 5.26 Å². The fraction of sp³-hybridized carbons (Fsp3) is 0.143. The molecular formula is C14H14N4. The number of nitriles is 1. The quantitative estimate of drug-likeness (QED) is 0.859. The molecule has 2 aromatic rings. The third-order valence-corrected chi connectivity index (χ3v) is 2.51. The molecule has 0 aliphatic heterocycles. The molecule has 1 heterocycles. The molecule has 2 N–H and O–H groups in total. The highest BCUT2D eigenvalue weighted by atomic mass is 15.0. The molecule has 1 aromatic carbocycles. The zero-order chi connectivity index (χ0) is 12.8. The van der Waals surface area contributed by atoms with Gasteiger partial charge in [-0.1, -0.05) is 18.2 Å². The largest absolute Gasteiger partial charge is 0.373 e. The molecule has 0 bridgehead atoms. The van der Waals surface area contributed by atoms with E-state index in [1.165, 1.54) is 0 Å². The predicted molar refractivity (Wildman–Crippen MR) is 72.8 cm³/mol. The maximum Gasteiger partial charge on any atom is 0.132 e. The Bertz CT molecular complexity index is 555. The van der Waals surface area contributed by atoms with Gasteiger partial charge in [0, 0.05) is 12.7 Å². The topological polar surface area (TPSA) is 60.7 Å². The molecule has 1 aromatic heterocycles. The van der Waals surface area contributed by atoms with Gasteiger partial charge in [-0.25, -0.2) is 4.98 Å². The first kappa shape index (κ1) is 11.9. The summed E-state index contributed by atoms with van der Waals surface area (Å²) in [4.78, 5) is 4.37. The van der Waals surface area contributed by atoms with E-state index < -0.39 is 0 Å². The minimum atomic E-state index is 0.438. The summed E-state index contributed by atoms with van der Waals surface area (Å²) in [5.74, 6) is 1.61. The molecular weight excluding hydrogens is 224 g/mol. The van der Waals surface area contributed by atoms with Crippen molar-refractivity contribution in [2.75, 3.05) is 17.7 Å². The Hall–Kier alpha value is -2.54. The molecule has 0 fully saturated rings. The molecule has 2 rings (SSSR count). The second-order valence-corrected chi connectivity index (χ2v) is 3.81. The van der Waals surface area contributed by atoms with Crippen molar-refractivity contribution in [3.8, 4) is 6.07 Å². The molecule has 4 heteroatoms. The van der Waals surface area contributed by atoms with Gasteiger partial charge in [-0.15, -0.1) is 0 Å². The van der Waals surface area contributed by atoms with Crippen molar-refractivity contribution < 1.29 is 0 Å². The number of hydrogen-bond donors (Lipinski definition) is 2. The molecule has 0 unspecified atom stereocenters. The summed E-state index contributed by atoms with van der Waals surface area (Å²) in [5, 5.41) is 14.8. The average Bonchev–Trinajstić information content (AvgIpc) is 2.42. The Morgan fingerprint density at radius 3 is 2.50 bits per heavy atom. The number of pyridine rings is 1. The van der Waals surface area contributed by atoms with Crippen LogP contribution < -0.4 is 10.6 Å². The Kier molecular flexibility index (Phi) is 3.77. The lowest BCUT2D eigenvalue weighted by Gasteiger charge is -2.07. The first-order chi connectivity index (χ1) is 8.81. The molecule has 4 nitrogen and oxygen atoms in total. The number of benzene rings is 1. The van der Waals surface area contributed by atoms with Crippen LogP contribution in [0.1, 0.15) is 5.56 Å². The van der Waals surface area contributed by atoms with Crippen LogP contribution in [-0.4, -0.2) is 12.0 Å². The second-order valence-electron chi connectivity index (χ2n) is 3.81. The van der Waals surface area contributed by atoms with Crippen LogP contribution in [0.5, 0.6) is 0 Å². The zero-order valence-corrected chi connectivity index (χ0v) is 10.1. The smallest absolute Gasteiger partial charge is 0.132 e. The molecule has 0 saturated carbocycles. The van der Waals surface area contributed by atoms with Gasteiger partial charge < -0.3 is 10.6 Å². The maximum atomic E-state index is 8.60. The molecule has 0 aliphatic carbocycles. The molecule has 18 heavy (non-hydrogen) atoms. The molecule has 0 radical (unpaired) electrons. The molecule has 0 spiro atoms.